The van der Waals surface area contributed by atoms with E-state index in [1.54, 1.807) is 18.2 Å². The van der Waals surface area contributed by atoms with E-state index in [0.717, 1.165) is 22.4 Å². The van der Waals surface area contributed by atoms with Gasteiger partial charge in [-0.3, -0.25) is 14.7 Å². The Balaban J connectivity index is 1.73. The first kappa shape index (κ1) is 17.0. The molecule has 2 aromatic carbocycles. The summed E-state index contributed by atoms with van der Waals surface area (Å²) >= 11 is 0. The number of rotatable bonds is 3. The molecular weight excluding hydrogens is 332 g/mol. The Morgan fingerprint density at radius 2 is 1.81 bits per heavy atom. The number of hydrogen-bond acceptors (Lipinski definition) is 4. The van der Waals surface area contributed by atoms with Crippen molar-refractivity contribution in [3.05, 3.63) is 98.6 Å². The van der Waals surface area contributed by atoms with Crippen LogP contribution in [0.2, 0.25) is 0 Å². The van der Waals surface area contributed by atoms with Gasteiger partial charge in [-0.2, -0.15) is 0 Å². The molecule has 0 bridgehead atoms. The Morgan fingerprint density at radius 1 is 1.00 bits per heavy atom. The van der Waals surface area contributed by atoms with Crippen molar-refractivity contribution >= 4 is 5.97 Å². The van der Waals surface area contributed by atoms with Crippen molar-refractivity contribution in [2.75, 3.05) is 6.61 Å². The minimum atomic E-state index is -0.569. The van der Waals surface area contributed by atoms with Gasteiger partial charge >= 0.3 is 5.97 Å². The monoisotopic (exact) mass is 346 g/mol. The molecule has 0 saturated carbocycles. The predicted molar refractivity (Wildman–Crippen MR) is 96.3 cm³/mol. The van der Waals surface area contributed by atoms with Crippen LogP contribution in [0.5, 0.6) is 0 Å². The third-order valence-electron chi connectivity index (χ3n) is 3.44. The van der Waals surface area contributed by atoms with Gasteiger partial charge in [0.2, 0.25) is 0 Å². The number of H-pyrrole nitrogens is 1. The Kier molecular flexibility index (Phi) is 5.11. The summed E-state index contributed by atoms with van der Waals surface area (Å²) in [5.74, 6) is 5.09. The standard InChI is InChI=1S/C20H14N2O4/c23-18-11-12-19(24)22(21-18)17-10-4-9-16(14-17)20(25)26-13-5-8-15-6-2-1-3-7-15/h1-4,6-7,9-12,14H,13H2,(H,21,23). The van der Waals surface area contributed by atoms with Crippen molar-refractivity contribution in [3.63, 3.8) is 0 Å². The lowest BCUT2D eigenvalue weighted by atomic mass is 10.2. The summed E-state index contributed by atoms with van der Waals surface area (Å²) in [5, 5.41) is 2.40. The summed E-state index contributed by atoms with van der Waals surface area (Å²) in [6.07, 6.45) is 0. The van der Waals surface area contributed by atoms with Gasteiger partial charge < -0.3 is 4.74 Å². The highest BCUT2D eigenvalue weighted by Gasteiger charge is 2.09. The highest BCUT2D eigenvalue weighted by atomic mass is 16.5. The van der Waals surface area contributed by atoms with E-state index in [2.05, 4.69) is 16.9 Å². The van der Waals surface area contributed by atoms with Gasteiger partial charge in [0.25, 0.3) is 11.1 Å². The third-order valence-corrected chi connectivity index (χ3v) is 3.44. The lowest BCUT2D eigenvalue weighted by Crippen LogP contribution is -2.26. The first-order chi connectivity index (χ1) is 12.6. The van der Waals surface area contributed by atoms with Crippen LogP contribution < -0.4 is 11.1 Å². The molecule has 0 radical (unpaired) electrons. The van der Waals surface area contributed by atoms with Crippen LogP contribution in [-0.2, 0) is 4.74 Å². The molecule has 0 unspecified atom stereocenters. The van der Waals surface area contributed by atoms with Crippen LogP contribution in [0.1, 0.15) is 15.9 Å². The summed E-state index contributed by atoms with van der Waals surface area (Å²) in [4.78, 5) is 35.4. The number of carbonyl (C=O) groups is 1. The number of hydrogen-bond donors (Lipinski definition) is 1. The van der Waals surface area contributed by atoms with Crippen LogP contribution in [0.25, 0.3) is 5.69 Å². The van der Waals surface area contributed by atoms with E-state index in [-0.39, 0.29) is 12.2 Å². The Hall–Kier alpha value is -3.85. The van der Waals surface area contributed by atoms with E-state index in [1.165, 1.54) is 6.07 Å². The summed E-state index contributed by atoms with van der Waals surface area (Å²) in [6, 6.07) is 17.9. The molecule has 128 valence electrons. The fraction of sp³-hybridized carbons (Fsp3) is 0.0500. The van der Waals surface area contributed by atoms with Crippen molar-refractivity contribution < 1.29 is 9.53 Å². The topological polar surface area (TPSA) is 81.2 Å². The SMILES string of the molecule is O=C(OCC#Cc1ccccc1)c1cccc(-n2[nH]c(=O)ccc2=O)c1. The van der Waals surface area contributed by atoms with Crippen LogP contribution >= 0.6 is 0 Å². The first-order valence-electron chi connectivity index (χ1n) is 7.77. The van der Waals surface area contributed by atoms with Crippen LogP contribution in [0, 0.1) is 11.8 Å². The van der Waals surface area contributed by atoms with Gasteiger partial charge in [-0.05, 0) is 30.3 Å². The van der Waals surface area contributed by atoms with Crippen molar-refractivity contribution in [2.24, 2.45) is 0 Å². The normalized spacial score (nSPS) is 9.85. The Bertz CT molecular complexity index is 1100. The first-order valence-corrected chi connectivity index (χ1v) is 7.77. The van der Waals surface area contributed by atoms with E-state index >= 15 is 0 Å². The summed E-state index contributed by atoms with van der Waals surface area (Å²) in [5.41, 5.74) is 0.605. The number of aromatic nitrogens is 2. The third kappa shape index (κ3) is 4.16. The molecule has 6 nitrogen and oxygen atoms in total. The zero-order chi connectivity index (χ0) is 18.4. The fourth-order valence-electron chi connectivity index (χ4n) is 2.23. The lowest BCUT2D eigenvalue weighted by Gasteiger charge is -2.06. The molecular formula is C20H14N2O4. The van der Waals surface area contributed by atoms with Gasteiger partial charge in [-0.15, -0.1) is 0 Å². The van der Waals surface area contributed by atoms with Gasteiger partial charge in [-0.25, -0.2) is 9.48 Å². The second-order valence-electron chi connectivity index (χ2n) is 5.28. The number of aromatic amines is 1. The Morgan fingerprint density at radius 3 is 2.62 bits per heavy atom. The number of carbonyl (C=O) groups excluding carboxylic acids is 1. The summed E-state index contributed by atoms with van der Waals surface area (Å²) < 4.78 is 6.19. The average molecular weight is 346 g/mol. The van der Waals surface area contributed by atoms with Gasteiger partial charge in [0, 0.05) is 17.7 Å². The zero-order valence-corrected chi connectivity index (χ0v) is 13.6. The molecule has 0 aliphatic rings. The number of esters is 1. The molecule has 0 fully saturated rings. The Labute approximate surface area is 148 Å². The maximum absolute atomic E-state index is 12.1. The van der Waals surface area contributed by atoms with E-state index in [9.17, 15) is 14.4 Å². The van der Waals surface area contributed by atoms with E-state index in [0.29, 0.717) is 5.69 Å². The van der Waals surface area contributed by atoms with E-state index < -0.39 is 17.1 Å². The summed E-state index contributed by atoms with van der Waals surface area (Å²) in [7, 11) is 0. The quantitative estimate of drug-likeness (QED) is 0.578. The van der Waals surface area contributed by atoms with Crippen LogP contribution in [0.15, 0.2) is 76.3 Å². The molecule has 0 spiro atoms. The highest BCUT2D eigenvalue weighted by Crippen LogP contribution is 2.09. The van der Waals surface area contributed by atoms with Gasteiger partial charge in [0.15, 0.2) is 6.61 Å². The van der Waals surface area contributed by atoms with Crippen molar-refractivity contribution in [1.82, 2.24) is 9.78 Å². The molecule has 0 aliphatic heterocycles. The van der Waals surface area contributed by atoms with Gasteiger partial charge in [0.05, 0.1) is 11.3 Å². The molecule has 0 amide bonds. The fourth-order valence-corrected chi connectivity index (χ4v) is 2.23. The van der Waals surface area contributed by atoms with E-state index in [1.807, 2.05) is 30.3 Å². The van der Waals surface area contributed by atoms with Crippen molar-refractivity contribution in [2.45, 2.75) is 0 Å². The molecule has 3 aromatic rings. The highest BCUT2D eigenvalue weighted by molar-refractivity contribution is 5.90. The molecule has 0 atom stereocenters. The van der Waals surface area contributed by atoms with Gasteiger partial charge in [-0.1, -0.05) is 36.1 Å². The van der Waals surface area contributed by atoms with Crippen LogP contribution in [0.4, 0.5) is 0 Å². The maximum Gasteiger partial charge on any atom is 0.339 e. The zero-order valence-electron chi connectivity index (χ0n) is 13.6. The minimum Gasteiger partial charge on any atom is -0.449 e. The molecule has 0 saturated heterocycles. The molecule has 1 N–H and O–H groups in total. The number of ether oxygens (including phenoxy) is 1. The molecule has 26 heavy (non-hydrogen) atoms. The second kappa shape index (κ2) is 7.81. The maximum atomic E-state index is 12.1. The van der Waals surface area contributed by atoms with Crippen LogP contribution in [0.3, 0.4) is 0 Å². The molecule has 1 heterocycles. The van der Waals surface area contributed by atoms with E-state index in [4.69, 9.17) is 4.74 Å². The minimum absolute atomic E-state index is 0.0555. The second-order valence-corrected chi connectivity index (χ2v) is 5.28. The van der Waals surface area contributed by atoms with Crippen molar-refractivity contribution in [1.29, 1.82) is 0 Å². The summed E-state index contributed by atoms with van der Waals surface area (Å²) in [6.45, 7) is -0.0555. The largest absolute Gasteiger partial charge is 0.449 e. The molecule has 1 aromatic heterocycles. The molecule has 0 aliphatic carbocycles. The predicted octanol–water partition coefficient (Wildman–Crippen LogP) is 1.73. The average Bonchev–Trinajstić information content (AvgIpc) is 2.68. The lowest BCUT2D eigenvalue weighted by molar-refractivity contribution is 0.0556. The van der Waals surface area contributed by atoms with Crippen LogP contribution in [-0.4, -0.2) is 22.4 Å². The number of benzene rings is 2. The van der Waals surface area contributed by atoms with Gasteiger partial charge in [0.1, 0.15) is 0 Å². The number of nitrogens with zero attached hydrogens (tertiary/aromatic N) is 1. The van der Waals surface area contributed by atoms with Crippen molar-refractivity contribution in [3.8, 4) is 17.5 Å². The molecule has 6 heteroatoms. The smallest absolute Gasteiger partial charge is 0.339 e. The molecule has 3 rings (SSSR count). The number of nitrogens with one attached hydrogen (secondary N) is 1.